The van der Waals surface area contributed by atoms with Crippen molar-refractivity contribution in [2.75, 3.05) is 4.90 Å². The third-order valence-corrected chi connectivity index (χ3v) is 4.91. The fraction of sp³-hybridized carbons (Fsp3) is 0.0870. The predicted molar refractivity (Wildman–Crippen MR) is 114 cm³/mol. The van der Waals surface area contributed by atoms with Crippen molar-refractivity contribution in [3.8, 4) is 22.4 Å². The molecule has 30 heavy (non-hydrogen) atoms. The molecule has 5 nitrogen and oxygen atoms in total. The lowest BCUT2D eigenvalue weighted by Crippen LogP contribution is -2.25. The van der Waals surface area contributed by atoms with E-state index in [1.54, 1.807) is 55.7 Å². The standard InChI is InChI=1S/C23H17ClFN3O2/c1-2-19(29)28(16-7-4-3-5-8-16)23-20(15-11-13-26-14-12-15)22(27-30-23)17-9-6-10-18(24)21(17)25/h3-14H,2H2,1H3. The van der Waals surface area contributed by atoms with Crippen molar-refractivity contribution in [1.29, 1.82) is 0 Å². The molecule has 0 N–H and O–H groups in total. The average Bonchev–Trinajstić information content (AvgIpc) is 3.21. The van der Waals surface area contributed by atoms with E-state index in [0.717, 1.165) is 0 Å². The second kappa shape index (κ2) is 8.47. The van der Waals surface area contributed by atoms with Gasteiger partial charge in [0.15, 0.2) is 5.82 Å². The van der Waals surface area contributed by atoms with E-state index in [4.69, 9.17) is 16.1 Å². The van der Waals surface area contributed by atoms with Crippen molar-refractivity contribution < 1.29 is 13.7 Å². The largest absolute Gasteiger partial charge is 0.336 e. The summed E-state index contributed by atoms with van der Waals surface area (Å²) < 4.78 is 20.5. The molecule has 1 amide bonds. The maximum Gasteiger partial charge on any atom is 0.247 e. The number of aromatic nitrogens is 2. The van der Waals surface area contributed by atoms with E-state index in [1.165, 1.54) is 11.0 Å². The number of nitrogens with zero attached hydrogens (tertiary/aromatic N) is 3. The molecule has 0 spiro atoms. The van der Waals surface area contributed by atoms with Gasteiger partial charge in [0.05, 0.1) is 16.3 Å². The zero-order valence-electron chi connectivity index (χ0n) is 16.0. The number of pyridine rings is 1. The van der Waals surface area contributed by atoms with Crippen LogP contribution in [0.3, 0.4) is 0 Å². The highest BCUT2D eigenvalue weighted by atomic mass is 35.5. The molecule has 0 atom stereocenters. The SMILES string of the molecule is CCC(=O)N(c1ccccc1)c1onc(-c2cccc(Cl)c2F)c1-c1ccncc1. The fourth-order valence-electron chi connectivity index (χ4n) is 3.19. The molecule has 0 radical (unpaired) electrons. The van der Waals surface area contributed by atoms with Crippen LogP contribution < -0.4 is 4.90 Å². The molecule has 0 aliphatic rings. The molecule has 4 rings (SSSR count). The van der Waals surface area contributed by atoms with Crippen LogP contribution in [-0.4, -0.2) is 16.0 Å². The molecule has 0 fully saturated rings. The lowest BCUT2D eigenvalue weighted by Gasteiger charge is -2.20. The van der Waals surface area contributed by atoms with E-state index in [2.05, 4.69) is 10.1 Å². The molecule has 2 aromatic carbocycles. The van der Waals surface area contributed by atoms with Crippen LogP contribution in [0.5, 0.6) is 0 Å². The summed E-state index contributed by atoms with van der Waals surface area (Å²) >= 11 is 5.99. The average molecular weight is 422 g/mol. The molecule has 0 bridgehead atoms. The van der Waals surface area contributed by atoms with Gasteiger partial charge in [0.2, 0.25) is 11.8 Å². The number of halogens is 2. The van der Waals surface area contributed by atoms with E-state index in [1.807, 2.05) is 18.2 Å². The predicted octanol–water partition coefficient (Wildman–Crippen LogP) is 6.27. The van der Waals surface area contributed by atoms with Crippen LogP contribution in [-0.2, 0) is 4.79 Å². The number of rotatable bonds is 5. The van der Waals surface area contributed by atoms with Crippen LogP contribution >= 0.6 is 11.6 Å². The van der Waals surface area contributed by atoms with Gasteiger partial charge in [-0.2, -0.15) is 0 Å². The highest BCUT2D eigenvalue weighted by Gasteiger charge is 2.29. The molecule has 0 unspecified atom stereocenters. The van der Waals surface area contributed by atoms with Crippen LogP contribution in [0.25, 0.3) is 22.4 Å². The lowest BCUT2D eigenvalue weighted by molar-refractivity contribution is -0.117. The Kier molecular flexibility index (Phi) is 5.59. The molecule has 150 valence electrons. The summed E-state index contributed by atoms with van der Waals surface area (Å²) in [6.07, 6.45) is 3.46. The van der Waals surface area contributed by atoms with Gasteiger partial charge < -0.3 is 4.52 Å². The topological polar surface area (TPSA) is 59.2 Å². The van der Waals surface area contributed by atoms with Gasteiger partial charge in [0.1, 0.15) is 5.69 Å². The van der Waals surface area contributed by atoms with Gasteiger partial charge in [-0.25, -0.2) is 9.29 Å². The molecule has 7 heteroatoms. The van der Waals surface area contributed by atoms with Crippen LogP contribution in [0.1, 0.15) is 13.3 Å². The number of carbonyl (C=O) groups is 1. The van der Waals surface area contributed by atoms with Gasteiger partial charge >= 0.3 is 0 Å². The number of carbonyl (C=O) groups excluding carboxylic acids is 1. The van der Waals surface area contributed by atoms with E-state index < -0.39 is 5.82 Å². The highest BCUT2D eigenvalue weighted by Crippen LogP contribution is 2.43. The van der Waals surface area contributed by atoms with Gasteiger partial charge in [-0.3, -0.25) is 9.78 Å². The Hall–Kier alpha value is -3.51. The summed E-state index contributed by atoms with van der Waals surface area (Å²) in [6, 6.07) is 17.3. The first-order valence-corrected chi connectivity index (χ1v) is 9.72. The second-order valence-electron chi connectivity index (χ2n) is 6.47. The summed E-state index contributed by atoms with van der Waals surface area (Å²) in [4.78, 5) is 18.4. The number of para-hydroxylation sites is 1. The summed E-state index contributed by atoms with van der Waals surface area (Å²) in [5.41, 5.74) is 2.21. The maximum absolute atomic E-state index is 14.8. The summed E-state index contributed by atoms with van der Waals surface area (Å²) in [5, 5.41) is 4.11. The molecule has 0 saturated heterocycles. The van der Waals surface area contributed by atoms with Gasteiger partial charge in [-0.15, -0.1) is 0 Å². The second-order valence-corrected chi connectivity index (χ2v) is 6.87. The Balaban J connectivity index is 2.00. The number of benzene rings is 2. The van der Waals surface area contributed by atoms with Crippen LogP contribution in [0.15, 0.2) is 77.6 Å². The molecule has 4 aromatic rings. The van der Waals surface area contributed by atoms with Crippen LogP contribution in [0, 0.1) is 5.82 Å². The molecular weight excluding hydrogens is 405 g/mol. The monoisotopic (exact) mass is 421 g/mol. The van der Waals surface area contributed by atoms with Gasteiger partial charge in [-0.05, 0) is 42.0 Å². The van der Waals surface area contributed by atoms with Crippen molar-refractivity contribution in [3.63, 3.8) is 0 Å². The van der Waals surface area contributed by atoms with Crippen molar-refractivity contribution in [3.05, 3.63) is 83.9 Å². The van der Waals surface area contributed by atoms with Gasteiger partial charge in [-0.1, -0.05) is 47.9 Å². The van der Waals surface area contributed by atoms with E-state index in [9.17, 15) is 9.18 Å². The lowest BCUT2D eigenvalue weighted by atomic mass is 10.0. The molecule has 2 heterocycles. The number of anilines is 2. The fourth-order valence-corrected chi connectivity index (χ4v) is 3.37. The minimum absolute atomic E-state index is 0.0257. The number of hydrogen-bond acceptors (Lipinski definition) is 4. The minimum Gasteiger partial charge on any atom is -0.336 e. The Bertz CT molecular complexity index is 1180. The first-order chi connectivity index (χ1) is 14.6. The zero-order valence-corrected chi connectivity index (χ0v) is 16.8. The Morgan fingerprint density at radius 3 is 2.50 bits per heavy atom. The Labute approximate surface area is 177 Å². The summed E-state index contributed by atoms with van der Waals surface area (Å²) in [5.74, 6) is -0.596. The first kappa shape index (κ1) is 19.8. The van der Waals surface area contributed by atoms with Gasteiger partial charge in [0, 0.05) is 24.4 Å². The number of amides is 1. The molecule has 0 aliphatic carbocycles. The quantitative estimate of drug-likeness (QED) is 0.381. The van der Waals surface area contributed by atoms with Crippen molar-refractivity contribution in [2.45, 2.75) is 13.3 Å². The summed E-state index contributed by atoms with van der Waals surface area (Å²) in [7, 11) is 0. The highest BCUT2D eigenvalue weighted by molar-refractivity contribution is 6.31. The third kappa shape index (κ3) is 3.57. The van der Waals surface area contributed by atoms with Crippen LogP contribution in [0.4, 0.5) is 16.0 Å². The molecule has 0 saturated carbocycles. The molecule has 2 aromatic heterocycles. The smallest absolute Gasteiger partial charge is 0.247 e. The van der Waals surface area contributed by atoms with E-state index >= 15 is 0 Å². The summed E-state index contributed by atoms with van der Waals surface area (Å²) in [6.45, 7) is 1.76. The maximum atomic E-state index is 14.8. The van der Waals surface area contributed by atoms with Crippen LogP contribution in [0.2, 0.25) is 5.02 Å². The van der Waals surface area contributed by atoms with Gasteiger partial charge in [0.25, 0.3) is 0 Å². The van der Waals surface area contributed by atoms with E-state index in [-0.39, 0.29) is 34.5 Å². The van der Waals surface area contributed by atoms with Crippen molar-refractivity contribution in [1.82, 2.24) is 10.1 Å². The third-order valence-electron chi connectivity index (χ3n) is 4.62. The zero-order chi connectivity index (χ0) is 21.1. The van der Waals surface area contributed by atoms with E-state index in [0.29, 0.717) is 16.8 Å². The van der Waals surface area contributed by atoms with Crippen molar-refractivity contribution in [2.24, 2.45) is 0 Å². The molecular formula is C23H17ClFN3O2. The Morgan fingerprint density at radius 2 is 1.80 bits per heavy atom. The van der Waals surface area contributed by atoms with Crippen molar-refractivity contribution >= 4 is 29.1 Å². The molecule has 0 aliphatic heterocycles. The first-order valence-electron chi connectivity index (χ1n) is 9.34. The normalized spacial score (nSPS) is 10.8. The Morgan fingerprint density at radius 1 is 1.07 bits per heavy atom. The number of hydrogen-bond donors (Lipinski definition) is 0. The minimum atomic E-state index is -0.609.